The lowest BCUT2D eigenvalue weighted by atomic mass is 9.95. The summed E-state index contributed by atoms with van der Waals surface area (Å²) in [5.74, 6) is 0. The molecule has 1 atom stereocenters. The molecule has 0 saturated heterocycles. The molecular weight excluding hydrogens is 447 g/mol. The van der Waals surface area contributed by atoms with Gasteiger partial charge < -0.3 is 0 Å². The van der Waals surface area contributed by atoms with Gasteiger partial charge in [-0.05, 0) is 47.9 Å². The third kappa shape index (κ3) is 5.18. The highest BCUT2D eigenvalue weighted by Crippen LogP contribution is 2.39. The van der Waals surface area contributed by atoms with Crippen LogP contribution in [-0.4, -0.2) is 13.3 Å². The van der Waals surface area contributed by atoms with Crippen LogP contribution in [0.15, 0.2) is 90.3 Å². The van der Waals surface area contributed by atoms with Gasteiger partial charge in [-0.3, -0.25) is 4.85 Å². The van der Waals surface area contributed by atoms with Crippen LogP contribution >= 0.6 is 0 Å². The summed E-state index contributed by atoms with van der Waals surface area (Å²) in [6.45, 7) is 13.8. The van der Waals surface area contributed by atoms with Crippen molar-refractivity contribution >= 4 is 15.4 Å². The van der Waals surface area contributed by atoms with E-state index in [9.17, 15) is 21.6 Å². The molecule has 0 radical (unpaired) electrons. The van der Waals surface area contributed by atoms with Crippen LogP contribution < -0.4 is 0 Å². The molecule has 0 N–H and O–H groups in total. The second kappa shape index (κ2) is 9.24. The third-order valence-electron chi connectivity index (χ3n) is 5.47. The van der Waals surface area contributed by atoms with Crippen molar-refractivity contribution in [3.05, 3.63) is 119 Å². The van der Waals surface area contributed by atoms with Crippen molar-refractivity contribution in [3.63, 3.8) is 0 Å². The number of nitrogens with zero attached hydrogens (tertiary/aromatic N) is 1. The smallest absolute Gasteiger partial charge is 0.292 e. The predicted molar refractivity (Wildman–Crippen MR) is 123 cm³/mol. The van der Waals surface area contributed by atoms with E-state index in [1.807, 2.05) is 13.0 Å². The van der Waals surface area contributed by atoms with Gasteiger partial charge in [-0.25, -0.2) is 15.0 Å². The average molecular weight is 470 g/mol. The number of rotatable bonds is 7. The summed E-state index contributed by atoms with van der Waals surface area (Å²) in [5, 5.41) is 0. The quantitative estimate of drug-likeness (QED) is 0.359. The van der Waals surface area contributed by atoms with Gasteiger partial charge in [-0.15, -0.1) is 0 Å². The van der Waals surface area contributed by atoms with Crippen LogP contribution in [0.25, 0.3) is 10.4 Å². The predicted octanol–water partition coefficient (Wildman–Crippen LogP) is 6.75. The highest BCUT2D eigenvalue weighted by molar-refractivity contribution is 7.93. The molecule has 0 bridgehead atoms. The summed E-state index contributed by atoms with van der Waals surface area (Å²) in [4.78, 5) is 1.61. The Hall–Kier alpha value is -3.37. The van der Waals surface area contributed by atoms with Crippen molar-refractivity contribution in [2.45, 2.75) is 35.7 Å². The second-order valence-electron chi connectivity index (χ2n) is 7.89. The fourth-order valence-electron chi connectivity index (χ4n) is 3.57. The number of alkyl halides is 3. The van der Waals surface area contributed by atoms with Crippen molar-refractivity contribution in [2.75, 3.05) is 0 Å². The number of sulfone groups is 1. The zero-order valence-corrected chi connectivity index (χ0v) is 18.7. The minimum absolute atomic E-state index is 0.0168. The summed E-state index contributed by atoms with van der Waals surface area (Å²) in [5.41, 5.74) is 1.48. The Kier molecular flexibility index (Phi) is 6.80. The van der Waals surface area contributed by atoms with Gasteiger partial charge in [0.25, 0.3) is 9.84 Å². The van der Waals surface area contributed by atoms with Crippen LogP contribution in [0.3, 0.4) is 0 Å². The van der Waals surface area contributed by atoms with Gasteiger partial charge in [0.1, 0.15) is 0 Å². The Bertz CT molecular complexity index is 1270. The standard InChI is InChI=1S/C26H22F3NO2S/c1-19-9-15-24(16-10-19)33(31,32)25(30-3,17-20(2)22-7-5-4-6-8-22)18-21-11-13-23(14-12-21)26(27,28)29/h4-16H,2,17-18H2,1H3. The molecular formula is C26H22F3NO2S. The van der Waals surface area contributed by atoms with Crippen molar-refractivity contribution in [1.82, 2.24) is 0 Å². The molecule has 170 valence electrons. The van der Waals surface area contributed by atoms with Crippen LogP contribution in [-0.2, 0) is 22.4 Å². The van der Waals surface area contributed by atoms with Gasteiger partial charge in [0.15, 0.2) is 0 Å². The molecule has 0 fully saturated rings. The van der Waals surface area contributed by atoms with Gasteiger partial charge in [0.2, 0.25) is 0 Å². The first-order chi connectivity index (χ1) is 15.5. The highest BCUT2D eigenvalue weighted by atomic mass is 32.2. The summed E-state index contributed by atoms with van der Waals surface area (Å²) in [6, 6.07) is 19.3. The lowest BCUT2D eigenvalue weighted by Crippen LogP contribution is -2.38. The molecule has 0 heterocycles. The molecule has 3 aromatic rings. The number of hydrogen-bond donors (Lipinski definition) is 0. The molecule has 0 aliphatic carbocycles. The first kappa shape index (κ1) is 24.3. The Morgan fingerprint density at radius 2 is 1.52 bits per heavy atom. The molecule has 3 aromatic carbocycles. The van der Waals surface area contributed by atoms with Gasteiger partial charge >= 0.3 is 11.0 Å². The molecule has 1 unspecified atom stereocenters. The first-order valence-corrected chi connectivity index (χ1v) is 11.6. The Morgan fingerprint density at radius 1 is 0.939 bits per heavy atom. The van der Waals surface area contributed by atoms with Crippen molar-refractivity contribution < 1.29 is 21.6 Å². The van der Waals surface area contributed by atoms with E-state index in [1.54, 1.807) is 36.4 Å². The number of halogens is 3. The maximum absolute atomic E-state index is 13.8. The fourth-order valence-corrected chi connectivity index (χ4v) is 5.34. The lowest BCUT2D eigenvalue weighted by Gasteiger charge is -2.24. The van der Waals surface area contributed by atoms with Gasteiger partial charge in [0, 0.05) is 0 Å². The summed E-state index contributed by atoms with van der Waals surface area (Å²) in [6.07, 6.45) is -4.99. The molecule has 3 nitrogen and oxygen atoms in total. The van der Waals surface area contributed by atoms with Crippen LogP contribution in [0.1, 0.15) is 28.7 Å². The maximum Gasteiger partial charge on any atom is 0.416 e. The maximum atomic E-state index is 13.8. The van der Waals surface area contributed by atoms with E-state index in [-0.39, 0.29) is 17.7 Å². The SMILES string of the molecule is [C-]#[N+]C(CC(=C)c1ccccc1)(Cc1ccc(C(F)(F)F)cc1)S(=O)(=O)c1ccc(C)cc1. The van der Waals surface area contributed by atoms with Crippen molar-refractivity contribution in [1.29, 1.82) is 0 Å². The Morgan fingerprint density at radius 3 is 2.03 bits per heavy atom. The van der Waals surface area contributed by atoms with Crippen LogP contribution in [0, 0.1) is 13.5 Å². The van der Waals surface area contributed by atoms with E-state index in [2.05, 4.69) is 11.4 Å². The fraction of sp³-hybridized carbons (Fsp3) is 0.192. The molecule has 0 saturated carbocycles. The van der Waals surface area contributed by atoms with Crippen molar-refractivity contribution in [3.8, 4) is 0 Å². The van der Waals surface area contributed by atoms with Gasteiger partial charge in [0.05, 0.1) is 23.3 Å². The van der Waals surface area contributed by atoms with E-state index < -0.39 is 26.4 Å². The normalized spacial score (nSPS) is 13.7. The largest absolute Gasteiger partial charge is 0.416 e. The van der Waals surface area contributed by atoms with E-state index in [0.29, 0.717) is 16.7 Å². The monoisotopic (exact) mass is 469 g/mol. The van der Waals surface area contributed by atoms with Crippen LogP contribution in [0.5, 0.6) is 0 Å². The summed E-state index contributed by atoms with van der Waals surface area (Å²) < 4.78 is 66.4. The minimum Gasteiger partial charge on any atom is -0.292 e. The molecule has 0 aromatic heterocycles. The highest BCUT2D eigenvalue weighted by Gasteiger charge is 2.52. The number of aryl methyl sites for hydroxylation is 1. The Labute approximate surface area is 192 Å². The summed E-state index contributed by atoms with van der Waals surface area (Å²) in [7, 11) is -4.21. The Balaban J connectivity index is 2.09. The van der Waals surface area contributed by atoms with Crippen LogP contribution in [0.2, 0.25) is 0 Å². The number of benzene rings is 3. The van der Waals surface area contributed by atoms with Crippen molar-refractivity contribution in [2.24, 2.45) is 0 Å². The molecule has 33 heavy (non-hydrogen) atoms. The van der Waals surface area contributed by atoms with E-state index >= 15 is 0 Å². The zero-order chi connectivity index (χ0) is 24.3. The second-order valence-corrected chi connectivity index (χ2v) is 10.1. The average Bonchev–Trinajstić information content (AvgIpc) is 2.79. The third-order valence-corrected chi connectivity index (χ3v) is 7.74. The summed E-state index contributed by atoms with van der Waals surface area (Å²) >= 11 is 0. The topological polar surface area (TPSA) is 38.5 Å². The first-order valence-electron chi connectivity index (χ1n) is 10.1. The molecule has 0 aliphatic heterocycles. The van der Waals surface area contributed by atoms with E-state index in [1.165, 1.54) is 24.3 Å². The van der Waals surface area contributed by atoms with Crippen LogP contribution in [0.4, 0.5) is 13.2 Å². The van der Waals surface area contributed by atoms with Gasteiger partial charge in [-0.2, -0.15) is 13.2 Å². The molecule has 3 rings (SSSR count). The zero-order valence-electron chi connectivity index (χ0n) is 17.9. The molecule has 0 aliphatic rings. The lowest BCUT2D eigenvalue weighted by molar-refractivity contribution is -0.137. The van der Waals surface area contributed by atoms with E-state index in [4.69, 9.17) is 6.57 Å². The molecule has 0 amide bonds. The minimum atomic E-state index is -4.51. The number of hydrogen-bond acceptors (Lipinski definition) is 2. The molecule has 0 spiro atoms. The van der Waals surface area contributed by atoms with E-state index in [0.717, 1.165) is 17.7 Å². The van der Waals surface area contributed by atoms with Gasteiger partial charge in [-0.1, -0.05) is 66.7 Å². The molecule has 7 heteroatoms.